The molecule has 158 valence electrons. The number of anilines is 1. The Bertz CT molecular complexity index is 1030. The van der Waals surface area contributed by atoms with Crippen molar-refractivity contribution in [2.45, 2.75) is 39.0 Å². The van der Waals surface area contributed by atoms with Crippen LogP contribution >= 0.6 is 22.9 Å². The molecule has 1 aromatic carbocycles. The van der Waals surface area contributed by atoms with Gasteiger partial charge in [0.2, 0.25) is 0 Å². The highest BCUT2D eigenvalue weighted by atomic mass is 35.5. The Balaban J connectivity index is 1.45. The molecule has 4 rings (SSSR count). The first-order chi connectivity index (χ1) is 14.5. The van der Waals surface area contributed by atoms with Crippen molar-refractivity contribution in [3.8, 4) is 0 Å². The summed E-state index contributed by atoms with van der Waals surface area (Å²) in [5.41, 5.74) is 1.79. The second-order valence-corrected chi connectivity index (χ2v) is 8.89. The minimum Gasteiger partial charge on any atom is -0.445 e. The Morgan fingerprint density at radius 3 is 3.03 bits per heavy atom. The summed E-state index contributed by atoms with van der Waals surface area (Å²) < 4.78 is 6.05. The zero-order valence-electron chi connectivity index (χ0n) is 17.2. The maximum Gasteiger partial charge on any atom is 0.265 e. The van der Waals surface area contributed by atoms with Gasteiger partial charge in [-0.25, -0.2) is 9.97 Å². The number of rotatable bonds is 6. The van der Waals surface area contributed by atoms with Gasteiger partial charge in [0.1, 0.15) is 10.6 Å². The summed E-state index contributed by atoms with van der Waals surface area (Å²) >= 11 is 7.69. The van der Waals surface area contributed by atoms with E-state index in [0.29, 0.717) is 23.7 Å². The van der Waals surface area contributed by atoms with Crippen molar-refractivity contribution < 1.29 is 9.21 Å². The van der Waals surface area contributed by atoms with Crippen molar-refractivity contribution >= 4 is 34.0 Å². The van der Waals surface area contributed by atoms with Gasteiger partial charge in [-0.2, -0.15) is 0 Å². The fourth-order valence-corrected chi connectivity index (χ4v) is 4.96. The molecule has 0 bridgehead atoms. The first kappa shape index (κ1) is 20.9. The number of hydrogen-bond donors (Lipinski definition) is 1. The number of carbonyl (C=O) groups excluding carboxylic acids is 1. The number of hydrogen-bond acceptors (Lipinski definition) is 6. The monoisotopic (exact) mass is 444 g/mol. The Morgan fingerprint density at radius 1 is 1.40 bits per heavy atom. The van der Waals surface area contributed by atoms with Crippen molar-refractivity contribution in [2.24, 2.45) is 0 Å². The SMILES string of the molecule is CCNc1nc(C)c(C(=O)N2CCCC(c3ncc(Cc4ccccc4Cl)o3)C2)s1. The molecule has 0 aliphatic carbocycles. The first-order valence-corrected chi connectivity index (χ1v) is 11.4. The molecule has 1 amide bonds. The summed E-state index contributed by atoms with van der Waals surface area (Å²) in [6.07, 6.45) is 4.27. The lowest BCUT2D eigenvalue weighted by Crippen LogP contribution is -2.39. The molecule has 1 aliphatic heterocycles. The van der Waals surface area contributed by atoms with Crippen LogP contribution in [0.25, 0.3) is 0 Å². The second-order valence-electron chi connectivity index (χ2n) is 7.49. The fourth-order valence-electron chi connectivity index (χ4n) is 3.75. The Morgan fingerprint density at radius 2 is 2.23 bits per heavy atom. The minimum absolute atomic E-state index is 0.0432. The number of aryl methyl sites for hydroxylation is 1. The van der Waals surface area contributed by atoms with Gasteiger partial charge in [-0.05, 0) is 38.3 Å². The maximum atomic E-state index is 13.1. The molecule has 2 aromatic heterocycles. The third-order valence-corrected chi connectivity index (χ3v) is 6.74. The molecule has 0 radical (unpaired) electrons. The average Bonchev–Trinajstić information content (AvgIpc) is 3.36. The standard InChI is InChI=1S/C22H25ClN4O2S/c1-3-24-22-26-14(2)19(30-22)21(28)27-10-6-8-16(13-27)20-25-12-17(29-20)11-15-7-4-5-9-18(15)23/h4-5,7,9,12,16H,3,6,8,10-11,13H2,1-2H3,(H,24,26). The molecule has 1 unspecified atom stereocenters. The predicted octanol–water partition coefficient (Wildman–Crippen LogP) is 5.14. The molecule has 1 aliphatic rings. The summed E-state index contributed by atoms with van der Waals surface area (Å²) in [7, 11) is 0. The third kappa shape index (κ3) is 4.52. The molecule has 8 heteroatoms. The number of benzene rings is 1. The van der Waals surface area contributed by atoms with E-state index in [1.165, 1.54) is 11.3 Å². The molecule has 1 fully saturated rings. The van der Waals surface area contributed by atoms with E-state index in [2.05, 4.69) is 15.3 Å². The van der Waals surface area contributed by atoms with E-state index in [4.69, 9.17) is 16.0 Å². The minimum atomic E-state index is 0.0432. The van der Waals surface area contributed by atoms with Crippen LogP contribution in [-0.2, 0) is 6.42 Å². The fraction of sp³-hybridized carbons (Fsp3) is 0.409. The van der Waals surface area contributed by atoms with Crippen LogP contribution in [0.1, 0.15) is 58.3 Å². The lowest BCUT2D eigenvalue weighted by Gasteiger charge is -2.31. The molecule has 0 spiro atoms. The average molecular weight is 445 g/mol. The van der Waals surface area contributed by atoms with Gasteiger partial charge in [-0.3, -0.25) is 4.79 Å². The van der Waals surface area contributed by atoms with E-state index in [9.17, 15) is 4.79 Å². The number of thiazole rings is 1. The first-order valence-electron chi connectivity index (χ1n) is 10.2. The summed E-state index contributed by atoms with van der Waals surface area (Å²) in [4.78, 5) is 24.7. The molecule has 3 heterocycles. The Labute approximate surface area is 185 Å². The van der Waals surface area contributed by atoms with Crippen molar-refractivity contribution in [2.75, 3.05) is 25.0 Å². The molecule has 6 nitrogen and oxygen atoms in total. The number of likely N-dealkylation sites (tertiary alicyclic amines) is 1. The van der Waals surface area contributed by atoms with Gasteiger partial charge in [-0.15, -0.1) is 0 Å². The molecule has 0 saturated carbocycles. The van der Waals surface area contributed by atoms with Gasteiger partial charge >= 0.3 is 0 Å². The predicted molar refractivity (Wildman–Crippen MR) is 120 cm³/mol. The number of oxazole rings is 1. The van der Waals surface area contributed by atoms with Crippen LogP contribution in [-0.4, -0.2) is 40.4 Å². The molecule has 1 atom stereocenters. The lowest BCUT2D eigenvalue weighted by molar-refractivity contribution is 0.0702. The second kappa shape index (κ2) is 9.18. The van der Waals surface area contributed by atoms with E-state index in [0.717, 1.165) is 53.1 Å². The highest BCUT2D eigenvalue weighted by molar-refractivity contribution is 7.17. The smallest absolute Gasteiger partial charge is 0.265 e. The van der Waals surface area contributed by atoms with Crippen LogP contribution in [0, 0.1) is 6.92 Å². The Kier molecular flexibility index (Phi) is 6.39. The zero-order chi connectivity index (χ0) is 21.1. The zero-order valence-corrected chi connectivity index (χ0v) is 18.7. The lowest BCUT2D eigenvalue weighted by atomic mass is 9.98. The van der Waals surface area contributed by atoms with Gasteiger partial charge in [0.15, 0.2) is 11.0 Å². The van der Waals surface area contributed by atoms with E-state index in [1.807, 2.05) is 43.0 Å². The summed E-state index contributed by atoms with van der Waals surface area (Å²) in [5, 5.41) is 4.71. The normalized spacial score (nSPS) is 16.6. The Hall–Kier alpha value is -2.38. The summed E-state index contributed by atoms with van der Waals surface area (Å²) in [6, 6.07) is 7.75. The molecule has 1 N–H and O–H groups in total. The molecule has 3 aromatic rings. The van der Waals surface area contributed by atoms with Crippen LogP contribution in [0.15, 0.2) is 34.9 Å². The number of amides is 1. The molecular formula is C22H25ClN4O2S. The highest BCUT2D eigenvalue weighted by Crippen LogP contribution is 2.31. The van der Waals surface area contributed by atoms with Crippen molar-refractivity contribution in [3.63, 3.8) is 0 Å². The largest absolute Gasteiger partial charge is 0.445 e. The van der Waals surface area contributed by atoms with E-state index >= 15 is 0 Å². The summed E-state index contributed by atoms with van der Waals surface area (Å²) in [5.74, 6) is 1.63. The number of aromatic nitrogens is 2. The van der Waals surface area contributed by atoms with Crippen LogP contribution in [0.3, 0.4) is 0 Å². The van der Waals surface area contributed by atoms with E-state index in [1.54, 1.807) is 6.20 Å². The summed E-state index contributed by atoms with van der Waals surface area (Å²) in [6.45, 7) is 6.05. The molecular weight excluding hydrogens is 420 g/mol. The van der Waals surface area contributed by atoms with Crippen molar-refractivity contribution in [3.05, 3.63) is 63.3 Å². The molecule has 30 heavy (non-hydrogen) atoms. The third-order valence-electron chi connectivity index (χ3n) is 5.27. The van der Waals surface area contributed by atoms with Crippen molar-refractivity contribution in [1.82, 2.24) is 14.9 Å². The van der Waals surface area contributed by atoms with E-state index < -0.39 is 0 Å². The number of halogens is 1. The number of nitrogens with one attached hydrogen (secondary N) is 1. The number of piperidine rings is 1. The molecule has 1 saturated heterocycles. The topological polar surface area (TPSA) is 71.3 Å². The number of nitrogens with zero attached hydrogens (tertiary/aromatic N) is 3. The highest BCUT2D eigenvalue weighted by Gasteiger charge is 2.30. The van der Waals surface area contributed by atoms with Crippen LogP contribution in [0.2, 0.25) is 5.02 Å². The van der Waals surface area contributed by atoms with E-state index in [-0.39, 0.29) is 11.8 Å². The quantitative estimate of drug-likeness (QED) is 0.570. The van der Waals surface area contributed by atoms with Gasteiger partial charge < -0.3 is 14.6 Å². The maximum absolute atomic E-state index is 13.1. The van der Waals surface area contributed by atoms with Gasteiger partial charge in [0, 0.05) is 31.1 Å². The van der Waals surface area contributed by atoms with Gasteiger partial charge in [0.25, 0.3) is 5.91 Å². The van der Waals surface area contributed by atoms with Crippen molar-refractivity contribution in [1.29, 1.82) is 0 Å². The number of carbonyl (C=O) groups is 1. The van der Waals surface area contributed by atoms with Gasteiger partial charge in [0.05, 0.1) is 17.8 Å². The van der Waals surface area contributed by atoms with Crippen LogP contribution in [0.5, 0.6) is 0 Å². The van der Waals surface area contributed by atoms with Crippen LogP contribution < -0.4 is 5.32 Å². The van der Waals surface area contributed by atoms with Gasteiger partial charge in [-0.1, -0.05) is 41.1 Å². The van der Waals surface area contributed by atoms with Crippen LogP contribution in [0.4, 0.5) is 5.13 Å².